The van der Waals surface area contributed by atoms with E-state index in [-0.39, 0.29) is 5.41 Å². The van der Waals surface area contributed by atoms with E-state index in [9.17, 15) is 0 Å². The molecule has 1 saturated carbocycles. The largest absolute Gasteiger partial charge is 0.347 e. The summed E-state index contributed by atoms with van der Waals surface area (Å²) in [5.41, 5.74) is 3.22. The molecule has 1 saturated heterocycles. The number of nitrogens with zero attached hydrogens (tertiary/aromatic N) is 8. The smallest absolute Gasteiger partial charge is 0.276 e. The van der Waals surface area contributed by atoms with Crippen LogP contribution >= 0.6 is 0 Å². The van der Waals surface area contributed by atoms with Gasteiger partial charge in [0.2, 0.25) is 0 Å². The van der Waals surface area contributed by atoms with Gasteiger partial charge in [-0.2, -0.15) is 9.90 Å². The van der Waals surface area contributed by atoms with Crippen LogP contribution in [-0.2, 0) is 35.4 Å². The molecule has 4 heterocycles. The standard InChI is InChI=1S/C21H28N8O2/c1-13-15-5-6-16-17(20(15,2)7-8-21(13)30-9-10-31-21)23-18(14-11-22-27(3)12-14)29(16)19-24-26-28(4)25-19/h11-13,15H,5-10H2,1-4H3/t13-,15-,20-/m0/s1. The monoisotopic (exact) mass is 424 g/mol. The predicted octanol–water partition coefficient (Wildman–Crippen LogP) is 1.79. The fourth-order valence-corrected chi connectivity index (χ4v) is 6.19. The molecule has 2 aliphatic carbocycles. The van der Waals surface area contributed by atoms with Crippen LogP contribution in [0.2, 0.25) is 0 Å². The molecule has 0 amide bonds. The summed E-state index contributed by atoms with van der Waals surface area (Å²) in [7, 11) is 3.70. The first-order valence-corrected chi connectivity index (χ1v) is 11.0. The van der Waals surface area contributed by atoms with E-state index in [1.807, 2.05) is 19.4 Å². The van der Waals surface area contributed by atoms with Crippen LogP contribution in [0.4, 0.5) is 0 Å². The Kier molecular flexibility index (Phi) is 3.98. The molecule has 0 aromatic carbocycles. The normalized spacial score (nSPS) is 29.3. The molecule has 3 atom stereocenters. The maximum absolute atomic E-state index is 6.16. The molecular formula is C21H28N8O2. The summed E-state index contributed by atoms with van der Waals surface area (Å²) in [4.78, 5) is 6.73. The molecule has 3 aromatic heterocycles. The van der Waals surface area contributed by atoms with Gasteiger partial charge in [0, 0.05) is 36.7 Å². The molecular weight excluding hydrogens is 396 g/mol. The molecule has 2 fully saturated rings. The zero-order valence-corrected chi connectivity index (χ0v) is 18.4. The van der Waals surface area contributed by atoms with Crippen LogP contribution in [0.15, 0.2) is 12.4 Å². The van der Waals surface area contributed by atoms with Gasteiger partial charge in [0.25, 0.3) is 5.95 Å². The SMILES string of the molecule is C[C@H]1[C@@H]2CCc3c(nc(-c4cnn(C)c4)n3-c3nnn(C)n3)[C@@]2(C)CCC12OCCO2. The van der Waals surface area contributed by atoms with E-state index in [0.717, 1.165) is 42.8 Å². The van der Waals surface area contributed by atoms with E-state index in [1.165, 1.54) is 10.5 Å². The summed E-state index contributed by atoms with van der Waals surface area (Å²) in [6, 6.07) is 0. The van der Waals surface area contributed by atoms with Gasteiger partial charge in [-0.15, -0.1) is 5.10 Å². The van der Waals surface area contributed by atoms with Gasteiger partial charge in [-0.05, 0) is 30.4 Å². The summed E-state index contributed by atoms with van der Waals surface area (Å²) in [5, 5.41) is 17.3. The lowest BCUT2D eigenvalue weighted by molar-refractivity contribution is -0.234. The Hall–Kier alpha value is -2.59. The molecule has 3 aromatic rings. The van der Waals surface area contributed by atoms with Gasteiger partial charge >= 0.3 is 0 Å². The number of tetrazole rings is 1. The lowest BCUT2D eigenvalue weighted by Gasteiger charge is -2.53. The van der Waals surface area contributed by atoms with Crippen molar-refractivity contribution in [3.05, 3.63) is 23.8 Å². The van der Waals surface area contributed by atoms with Crippen molar-refractivity contribution in [2.75, 3.05) is 13.2 Å². The summed E-state index contributed by atoms with van der Waals surface area (Å²) in [6.45, 7) is 6.04. The van der Waals surface area contributed by atoms with E-state index in [0.29, 0.717) is 31.0 Å². The molecule has 0 radical (unpaired) electrons. The summed E-state index contributed by atoms with van der Waals surface area (Å²) in [6.07, 6.45) is 7.66. The van der Waals surface area contributed by atoms with E-state index >= 15 is 0 Å². The van der Waals surface area contributed by atoms with Gasteiger partial charge in [0.05, 0.1) is 37.7 Å². The zero-order valence-electron chi connectivity index (χ0n) is 18.4. The Morgan fingerprint density at radius 2 is 1.97 bits per heavy atom. The molecule has 31 heavy (non-hydrogen) atoms. The van der Waals surface area contributed by atoms with Gasteiger partial charge < -0.3 is 9.47 Å². The van der Waals surface area contributed by atoms with Crippen LogP contribution in [0.5, 0.6) is 0 Å². The number of hydrogen-bond acceptors (Lipinski definition) is 7. The van der Waals surface area contributed by atoms with E-state index in [4.69, 9.17) is 14.5 Å². The third-order valence-electron chi connectivity index (χ3n) is 7.75. The van der Waals surface area contributed by atoms with Crippen LogP contribution < -0.4 is 0 Å². The number of imidazole rings is 1. The number of hydrogen-bond donors (Lipinski definition) is 0. The average Bonchev–Trinajstić information content (AvgIpc) is 3.52. The minimum atomic E-state index is -0.428. The second-order valence-electron chi connectivity index (χ2n) is 9.41. The first-order valence-electron chi connectivity index (χ1n) is 11.0. The molecule has 6 rings (SSSR count). The molecule has 10 nitrogen and oxygen atoms in total. The Morgan fingerprint density at radius 3 is 2.65 bits per heavy atom. The van der Waals surface area contributed by atoms with E-state index in [1.54, 1.807) is 11.7 Å². The van der Waals surface area contributed by atoms with E-state index < -0.39 is 5.79 Å². The first kappa shape index (κ1) is 19.1. The second kappa shape index (κ2) is 6.46. The molecule has 1 spiro atoms. The van der Waals surface area contributed by atoms with Crippen molar-refractivity contribution in [1.82, 2.24) is 39.5 Å². The highest BCUT2D eigenvalue weighted by Crippen LogP contribution is 2.57. The molecule has 0 bridgehead atoms. The summed E-state index contributed by atoms with van der Waals surface area (Å²) in [5.74, 6) is 1.70. The quantitative estimate of drug-likeness (QED) is 0.619. The van der Waals surface area contributed by atoms with Gasteiger partial charge in [-0.3, -0.25) is 9.25 Å². The fraction of sp³-hybridized carbons (Fsp3) is 0.667. The number of fused-ring (bicyclic) bond motifs is 3. The summed E-state index contributed by atoms with van der Waals surface area (Å²) >= 11 is 0. The number of rotatable bonds is 2. The third kappa shape index (κ3) is 2.61. The lowest BCUT2D eigenvalue weighted by Crippen LogP contribution is -2.55. The molecule has 1 aliphatic heterocycles. The molecule has 3 aliphatic rings. The Morgan fingerprint density at radius 1 is 1.16 bits per heavy atom. The van der Waals surface area contributed by atoms with Crippen molar-refractivity contribution in [3.8, 4) is 17.3 Å². The van der Waals surface area contributed by atoms with Crippen molar-refractivity contribution in [3.63, 3.8) is 0 Å². The Labute approximate surface area is 180 Å². The zero-order chi connectivity index (χ0) is 21.4. The summed E-state index contributed by atoms with van der Waals surface area (Å²) < 4.78 is 16.2. The lowest BCUT2D eigenvalue weighted by atomic mass is 9.55. The van der Waals surface area contributed by atoms with Gasteiger partial charge in [-0.25, -0.2) is 4.98 Å². The highest BCUT2D eigenvalue weighted by Gasteiger charge is 2.58. The van der Waals surface area contributed by atoms with Crippen molar-refractivity contribution in [2.45, 2.75) is 50.7 Å². The second-order valence-corrected chi connectivity index (χ2v) is 9.41. The van der Waals surface area contributed by atoms with E-state index in [2.05, 4.69) is 38.9 Å². The maximum atomic E-state index is 6.16. The minimum absolute atomic E-state index is 0.0576. The van der Waals surface area contributed by atoms with Crippen molar-refractivity contribution in [2.24, 2.45) is 25.9 Å². The predicted molar refractivity (Wildman–Crippen MR) is 110 cm³/mol. The van der Waals surface area contributed by atoms with Crippen molar-refractivity contribution >= 4 is 0 Å². The van der Waals surface area contributed by atoms with Crippen LogP contribution in [-0.4, -0.2) is 58.5 Å². The van der Waals surface area contributed by atoms with Gasteiger partial charge in [0.1, 0.15) is 0 Å². The van der Waals surface area contributed by atoms with Crippen molar-refractivity contribution in [1.29, 1.82) is 0 Å². The average molecular weight is 425 g/mol. The van der Waals surface area contributed by atoms with Crippen LogP contribution in [0, 0.1) is 11.8 Å². The number of aromatic nitrogens is 8. The molecule has 0 N–H and O–H groups in total. The Balaban J connectivity index is 1.51. The highest BCUT2D eigenvalue weighted by molar-refractivity contribution is 5.58. The van der Waals surface area contributed by atoms with Gasteiger partial charge in [0.15, 0.2) is 11.6 Å². The molecule has 164 valence electrons. The minimum Gasteiger partial charge on any atom is -0.347 e. The van der Waals surface area contributed by atoms with Crippen LogP contribution in [0.1, 0.15) is 44.5 Å². The van der Waals surface area contributed by atoms with Crippen LogP contribution in [0.3, 0.4) is 0 Å². The molecule has 0 unspecified atom stereocenters. The number of ether oxygens (including phenoxy) is 2. The first-order chi connectivity index (χ1) is 14.9. The topological polar surface area (TPSA) is 97.7 Å². The number of aryl methyl sites for hydroxylation is 2. The molecule has 10 heteroatoms. The van der Waals surface area contributed by atoms with Crippen molar-refractivity contribution < 1.29 is 9.47 Å². The fourth-order valence-electron chi connectivity index (χ4n) is 6.19. The maximum Gasteiger partial charge on any atom is 0.276 e. The van der Waals surface area contributed by atoms with Crippen LogP contribution in [0.25, 0.3) is 17.3 Å². The highest BCUT2D eigenvalue weighted by atomic mass is 16.7. The van der Waals surface area contributed by atoms with Gasteiger partial charge in [-0.1, -0.05) is 18.9 Å². The Bertz CT molecular complexity index is 1140. The third-order valence-corrected chi connectivity index (χ3v) is 7.75.